The molecule has 2 aromatic carbocycles. The largest absolute Gasteiger partial charge is 0.418 e. The fraction of sp³-hybridized carbons (Fsp3) is 0.409. The zero-order valence-electron chi connectivity index (χ0n) is 16.8. The standard InChI is InChI=1S/C22H25ClF3N3O/c1-16(21(30)27-20-8-7-18(23)15-19(20)22(24,25)26)29-13-11-28(12-14-29)10-9-17-5-3-2-4-6-17/h2-8,15-16H,9-14H2,1H3,(H,27,30). The zero-order chi connectivity index (χ0) is 21.7. The van der Waals surface area contributed by atoms with Crippen molar-refractivity contribution in [2.75, 3.05) is 38.0 Å². The molecular weight excluding hydrogens is 415 g/mol. The first kappa shape index (κ1) is 22.6. The van der Waals surface area contributed by atoms with Gasteiger partial charge in [-0.25, -0.2) is 0 Å². The minimum atomic E-state index is -4.60. The highest BCUT2D eigenvalue weighted by molar-refractivity contribution is 6.30. The van der Waals surface area contributed by atoms with Gasteiger partial charge in [0.25, 0.3) is 0 Å². The molecule has 0 aliphatic carbocycles. The van der Waals surface area contributed by atoms with Gasteiger partial charge in [0, 0.05) is 37.7 Å². The van der Waals surface area contributed by atoms with Gasteiger partial charge in [0.05, 0.1) is 17.3 Å². The van der Waals surface area contributed by atoms with Gasteiger partial charge >= 0.3 is 6.18 Å². The predicted octanol–water partition coefficient (Wildman–Crippen LogP) is 4.55. The highest BCUT2D eigenvalue weighted by Crippen LogP contribution is 2.36. The third kappa shape index (κ3) is 5.97. The second-order valence-corrected chi connectivity index (χ2v) is 7.90. The molecule has 1 atom stereocenters. The number of amides is 1. The van der Waals surface area contributed by atoms with Crippen LogP contribution in [0.15, 0.2) is 48.5 Å². The lowest BCUT2D eigenvalue weighted by Crippen LogP contribution is -2.53. The average Bonchev–Trinajstić information content (AvgIpc) is 2.73. The van der Waals surface area contributed by atoms with Crippen LogP contribution < -0.4 is 5.32 Å². The minimum absolute atomic E-state index is 0.0278. The number of rotatable bonds is 6. The lowest BCUT2D eigenvalue weighted by Gasteiger charge is -2.37. The molecule has 1 N–H and O–H groups in total. The summed E-state index contributed by atoms with van der Waals surface area (Å²) < 4.78 is 39.7. The molecule has 1 aliphatic rings. The summed E-state index contributed by atoms with van der Waals surface area (Å²) in [5, 5.41) is 2.40. The van der Waals surface area contributed by atoms with Crippen LogP contribution in [0.3, 0.4) is 0 Å². The number of alkyl halides is 3. The number of nitrogens with one attached hydrogen (secondary N) is 1. The van der Waals surface area contributed by atoms with E-state index < -0.39 is 23.7 Å². The summed E-state index contributed by atoms with van der Waals surface area (Å²) in [5.74, 6) is -0.458. The number of carbonyl (C=O) groups excluding carboxylic acids is 1. The average molecular weight is 440 g/mol. The van der Waals surface area contributed by atoms with Crippen LogP contribution in [0.2, 0.25) is 5.02 Å². The molecule has 1 saturated heterocycles. The maximum atomic E-state index is 13.2. The summed E-state index contributed by atoms with van der Waals surface area (Å²) in [6.07, 6.45) is -3.63. The van der Waals surface area contributed by atoms with Crippen molar-refractivity contribution in [3.05, 3.63) is 64.7 Å². The van der Waals surface area contributed by atoms with Crippen molar-refractivity contribution in [1.29, 1.82) is 0 Å². The summed E-state index contributed by atoms with van der Waals surface area (Å²) in [6, 6.07) is 13.1. The van der Waals surface area contributed by atoms with Gasteiger partial charge in [-0.15, -0.1) is 0 Å². The van der Waals surface area contributed by atoms with Crippen LogP contribution in [0.1, 0.15) is 18.1 Å². The van der Waals surface area contributed by atoms with Crippen LogP contribution in [0, 0.1) is 0 Å². The monoisotopic (exact) mass is 439 g/mol. The van der Waals surface area contributed by atoms with Crippen LogP contribution in [0.4, 0.5) is 18.9 Å². The van der Waals surface area contributed by atoms with E-state index in [1.54, 1.807) is 6.92 Å². The quantitative estimate of drug-likeness (QED) is 0.717. The molecular formula is C22H25ClF3N3O. The Kier molecular flexibility index (Phi) is 7.39. The van der Waals surface area contributed by atoms with Crippen LogP contribution in [-0.4, -0.2) is 54.5 Å². The smallest absolute Gasteiger partial charge is 0.324 e. The van der Waals surface area contributed by atoms with Crippen LogP contribution >= 0.6 is 11.6 Å². The molecule has 0 spiro atoms. The SMILES string of the molecule is CC(C(=O)Nc1ccc(Cl)cc1C(F)(F)F)N1CCN(CCc2ccccc2)CC1. The van der Waals surface area contributed by atoms with Crippen LogP contribution in [0.25, 0.3) is 0 Å². The highest BCUT2D eigenvalue weighted by Gasteiger charge is 2.35. The van der Waals surface area contributed by atoms with Crippen molar-refractivity contribution < 1.29 is 18.0 Å². The number of hydrogen-bond acceptors (Lipinski definition) is 3. The van der Waals surface area contributed by atoms with Crippen molar-refractivity contribution in [3.8, 4) is 0 Å². The maximum Gasteiger partial charge on any atom is 0.418 e. The van der Waals surface area contributed by atoms with Crippen LogP contribution in [0.5, 0.6) is 0 Å². The number of carbonyl (C=O) groups is 1. The number of anilines is 1. The zero-order valence-corrected chi connectivity index (χ0v) is 17.5. The Labute approximate surface area is 179 Å². The molecule has 1 aliphatic heterocycles. The van der Waals surface area contributed by atoms with Crippen molar-refractivity contribution in [3.63, 3.8) is 0 Å². The molecule has 1 unspecified atom stereocenters. The number of piperazine rings is 1. The van der Waals surface area contributed by atoms with E-state index in [2.05, 4.69) is 22.3 Å². The van der Waals surface area contributed by atoms with E-state index in [4.69, 9.17) is 11.6 Å². The van der Waals surface area contributed by atoms with Gasteiger partial charge in [-0.2, -0.15) is 13.2 Å². The lowest BCUT2D eigenvalue weighted by molar-refractivity contribution is -0.137. The molecule has 30 heavy (non-hydrogen) atoms. The Morgan fingerprint density at radius 2 is 1.77 bits per heavy atom. The van der Waals surface area contributed by atoms with Crippen molar-refractivity contribution in [1.82, 2.24) is 9.80 Å². The molecule has 4 nitrogen and oxygen atoms in total. The van der Waals surface area contributed by atoms with E-state index >= 15 is 0 Å². The molecule has 1 amide bonds. The molecule has 1 fully saturated rings. The Hall–Kier alpha value is -2.09. The van der Waals surface area contributed by atoms with E-state index in [0.29, 0.717) is 13.1 Å². The first-order valence-corrected chi connectivity index (χ1v) is 10.3. The van der Waals surface area contributed by atoms with Crippen molar-refractivity contribution in [2.45, 2.75) is 25.6 Å². The van der Waals surface area contributed by atoms with Gasteiger partial charge in [0.1, 0.15) is 0 Å². The van der Waals surface area contributed by atoms with Crippen molar-refractivity contribution >= 4 is 23.2 Å². The Bertz CT molecular complexity index is 852. The lowest BCUT2D eigenvalue weighted by atomic mass is 10.1. The fourth-order valence-electron chi connectivity index (χ4n) is 3.57. The van der Waals surface area contributed by atoms with E-state index in [-0.39, 0.29) is 10.7 Å². The normalized spacial score (nSPS) is 17.0. The number of halogens is 4. The van der Waals surface area contributed by atoms with Gasteiger partial charge < -0.3 is 10.2 Å². The van der Waals surface area contributed by atoms with Crippen LogP contribution in [-0.2, 0) is 17.4 Å². The molecule has 1 heterocycles. The van der Waals surface area contributed by atoms with Gasteiger partial charge in [-0.1, -0.05) is 41.9 Å². The summed E-state index contributed by atoms with van der Waals surface area (Å²) in [7, 11) is 0. The predicted molar refractivity (Wildman–Crippen MR) is 113 cm³/mol. The Morgan fingerprint density at radius 3 is 2.40 bits per heavy atom. The number of benzene rings is 2. The van der Waals surface area contributed by atoms with Gasteiger partial charge in [0.2, 0.25) is 5.91 Å². The van der Waals surface area contributed by atoms with Gasteiger partial charge in [-0.05, 0) is 37.1 Å². The molecule has 8 heteroatoms. The van der Waals surface area contributed by atoms with E-state index in [1.165, 1.54) is 17.7 Å². The summed E-state index contributed by atoms with van der Waals surface area (Å²) in [4.78, 5) is 16.9. The maximum absolute atomic E-state index is 13.2. The third-order valence-corrected chi connectivity index (χ3v) is 5.67. The number of nitrogens with zero attached hydrogens (tertiary/aromatic N) is 2. The van der Waals surface area contributed by atoms with E-state index in [1.807, 2.05) is 23.1 Å². The second-order valence-electron chi connectivity index (χ2n) is 7.47. The van der Waals surface area contributed by atoms with Gasteiger partial charge in [0.15, 0.2) is 0 Å². The molecule has 3 rings (SSSR count). The topological polar surface area (TPSA) is 35.6 Å². The number of hydrogen-bond donors (Lipinski definition) is 1. The van der Waals surface area contributed by atoms with Crippen molar-refractivity contribution in [2.24, 2.45) is 0 Å². The summed E-state index contributed by atoms with van der Waals surface area (Å²) in [6.45, 7) is 5.68. The first-order chi connectivity index (χ1) is 14.2. The fourth-order valence-corrected chi connectivity index (χ4v) is 3.74. The minimum Gasteiger partial charge on any atom is -0.324 e. The third-order valence-electron chi connectivity index (χ3n) is 5.44. The highest BCUT2D eigenvalue weighted by atomic mass is 35.5. The second kappa shape index (κ2) is 9.81. The summed E-state index contributed by atoms with van der Waals surface area (Å²) >= 11 is 5.70. The van der Waals surface area contributed by atoms with E-state index in [9.17, 15) is 18.0 Å². The molecule has 0 radical (unpaired) electrons. The molecule has 0 aromatic heterocycles. The Morgan fingerprint density at radius 1 is 1.10 bits per heavy atom. The molecule has 0 bridgehead atoms. The summed E-state index contributed by atoms with van der Waals surface area (Å²) in [5.41, 5.74) is 0.0719. The van der Waals surface area contributed by atoms with Gasteiger partial charge in [-0.3, -0.25) is 9.69 Å². The van der Waals surface area contributed by atoms with E-state index in [0.717, 1.165) is 32.1 Å². The first-order valence-electron chi connectivity index (χ1n) is 9.92. The molecule has 0 saturated carbocycles. The Balaban J connectivity index is 1.53. The molecule has 2 aromatic rings. The molecule has 162 valence electrons.